The Morgan fingerprint density at radius 1 is 1.35 bits per heavy atom. The maximum absolute atomic E-state index is 12.2. The number of rotatable bonds is 5. The minimum Gasteiger partial charge on any atom is -0.479 e. The highest BCUT2D eigenvalue weighted by atomic mass is 79.9. The molecule has 0 saturated carbocycles. The van der Waals surface area contributed by atoms with Crippen LogP contribution in [0.15, 0.2) is 46.9 Å². The lowest BCUT2D eigenvalue weighted by Gasteiger charge is -2.15. The average Bonchev–Trinajstić information content (AvgIpc) is 2.50. The van der Waals surface area contributed by atoms with Crippen LogP contribution in [0.2, 0.25) is 5.02 Å². The normalized spacial score (nSPS) is 11.6. The third kappa shape index (κ3) is 4.43. The maximum atomic E-state index is 12.2. The van der Waals surface area contributed by atoms with Crippen molar-refractivity contribution in [2.24, 2.45) is 0 Å². The lowest BCUT2D eigenvalue weighted by molar-refractivity contribution is -0.383. The molecule has 0 radical (unpaired) electrons. The fourth-order valence-electron chi connectivity index (χ4n) is 1.79. The molecule has 1 amide bonds. The molecule has 0 aliphatic carbocycles. The van der Waals surface area contributed by atoms with Crippen LogP contribution in [-0.2, 0) is 4.79 Å². The molecule has 0 heterocycles. The van der Waals surface area contributed by atoms with E-state index in [1.165, 1.54) is 25.1 Å². The van der Waals surface area contributed by atoms with Crippen molar-refractivity contribution in [2.75, 3.05) is 5.32 Å². The monoisotopic (exact) mass is 398 g/mol. The lowest BCUT2D eigenvalue weighted by atomic mass is 10.2. The summed E-state index contributed by atoms with van der Waals surface area (Å²) in [7, 11) is 0. The zero-order valence-electron chi connectivity index (χ0n) is 12.0. The summed E-state index contributed by atoms with van der Waals surface area (Å²) in [4.78, 5) is 22.5. The van der Waals surface area contributed by atoms with Crippen molar-refractivity contribution >= 4 is 44.8 Å². The van der Waals surface area contributed by atoms with E-state index in [4.69, 9.17) is 16.3 Å². The SMILES string of the molecule is C[C@H](Oc1ccc(Br)cc1Cl)C(=O)Nc1ccccc1[N+](=O)[O-]. The molecule has 0 fully saturated rings. The van der Waals surface area contributed by atoms with E-state index in [1.807, 2.05) is 0 Å². The van der Waals surface area contributed by atoms with Gasteiger partial charge in [0.05, 0.1) is 9.95 Å². The van der Waals surface area contributed by atoms with Gasteiger partial charge in [0, 0.05) is 10.5 Å². The smallest absolute Gasteiger partial charge is 0.292 e. The highest BCUT2D eigenvalue weighted by Gasteiger charge is 2.20. The summed E-state index contributed by atoms with van der Waals surface area (Å²) in [6.45, 7) is 1.53. The van der Waals surface area contributed by atoms with E-state index in [0.29, 0.717) is 10.8 Å². The Kier molecular flexibility index (Phi) is 5.57. The van der Waals surface area contributed by atoms with Crippen LogP contribution in [0.3, 0.4) is 0 Å². The van der Waals surface area contributed by atoms with Gasteiger partial charge in [-0.2, -0.15) is 0 Å². The van der Waals surface area contributed by atoms with Crippen molar-refractivity contribution in [3.63, 3.8) is 0 Å². The second-order valence-corrected chi connectivity index (χ2v) is 5.92. The molecular weight excluding hydrogens is 388 g/mol. The first-order chi connectivity index (χ1) is 10.9. The van der Waals surface area contributed by atoms with Gasteiger partial charge in [-0.3, -0.25) is 14.9 Å². The van der Waals surface area contributed by atoms with Crippen LogP contribution in [0.4, 0.5) is 11.4 Å². The highest BCUT2D eigenvalue weighted by molar-refractivity contribution is 9.10. The first kappa shape index (κ1) is 17.2. The Bertz CT molecular complexity index is 754. The van der Waals surface area contributed by atoms with E-state index in [9.17, 15) is 14.9 Å². The molecular formula is C15H12BrClN2O4. The number of para-hydroxylation sites is 2. The fourth-order valence-corrected chi connectivity index (χ4v) is 2.51. The predicted molar refractivity (Wildman–Crippen MR) is 91.0 cm³/mol. The number of halogens is 2. The second-order valence-electron chi connectivity index (χ2n) is 4.60. The van der Waals surface area contributed by atoms with Crippen molar-refractivity contribution in [3.8, 4) is 5.75 Å². The Morgan fingerprint density at radius 2 is 2.04 bits per heavy atom. The molecule has 0 unspecified atom stereocenters. The van der Waals surface area contributed by atoms with E-state index in [0.717, 1.165) is 4.47 Å². The van der Waals surface area contributed by atoms with Crippen LogP contribution >= 0.6 is 27.5 Å². The molecule has 23 heavy (non-hydrogen) atoms. The molecule has 0 saturated heterocycles. The quantitative estimate of drug-likeness (QED) is 0.596. The Morgan fingerprint density at radius 3 is 2.70 bits per heavy atom. The molecule has 120 valence electrons. The van der Waals surface area contributed by atoms with E-state index >= 15 is 0 Å². The highest BCUT2D eigenvalue weighted by Crippen LogP contribution is 2.29. The maximum Gasteiger partial charge on any atom is 0.292 e. The molecule has 0 spiro atoms. The third-order valence-electron chi connectivity index (χ3n) is 2.93. The van der Waals surface area contributed by atoms with Gasteiger partial charge in [0.2, 0.25) is 0 Å². The van der Waals surface area contributed by atoms with Crippen molar-refractivity contribution in [2.45, 2.75) is 13.0 Å². The summed E-state index contributed by atoms with van der Waals surface area (Å²) in [6, 6.07) is 10.9. The van der Waals surface area contributed by atoms with Gasteiger partial charge in [0.25, 0.3) is 11.6 Å². The number of anilines is 1. The number of carbonyl (C=O) groups is 1. The van der Waals surface area contributed by atoms with E-state index in [-0.39, 0.29) is 11.4 Å². The number of nitrogens with one attached hydrogen (secondary N) is 1. The number of ether oxygens (including phenoxy) is 1. The molecule has 1 atom stereocenters. The van der Waals surface area contributed by atoms with Gasteiger partial charge in [-0.15, -0.1) is 0 Å². The number of nitrogens with zero attached hydrogens (tertiary/aromatic N) is 1. The number of hydrogen-bond acceptors (Lipinski definition) is 4. The summed E-state index contributed by atoms with van der Waals surface area (Å²) in [5.41, 5.74) is -0.0745. The van der Waals surface area contributed by atoms with Gasteiger partial charge in [-0.05, 0) is 31.2 Å². The third-order valence-corrected chi connectivity index (χ3v) is 3.71. The standard InChI is InChI=1S/C15H12BrClN2O4/c1-9(23-14-7-6-10(16)8-11(14)17)15(20)18-12-4-2-3-5-13(12)19(21)22/h2-9H,1H3,(H,18,20)/t9-/m0/s1. The number of nitro benzene ring substituents is 1. The number of hydrogen-bond donors (Lipinski definition) is 1. The van der Waals surface area contributed by atoms with Gasteiger partial charge in [0.1, 0.15) is 11.4 Å². The van der Waals surface area contributed by atoms with Gasteiger partial charge < -0.3 is 10.1 Å². The molecule has 0 aromatic heterocycles. The largest absolute Gasteiger partial charge is 0.479 e. The Hall–Kier alpha value is -2.12. The minimum atomic E-state index is -0.881. The summed E-state index contributed by atoms with van der Waals surface area (Å²) in [5.74, 6) is -0.168. The summed E-state index contributed by atoms with van der Waals surface area (Å²) in [6.07, 6.45) is -0.881. The van der Waals surface area contributed by atoms with Crippen molar-refractivity contribution in [3.05, 3.63) is 62.1 Å². The molecule has 2 aromatic rings. The topological polar surface area (TPSA) is 81.5 Å². The number of amides is 1. The van der Waals surface area contributed by atoms with Crippen LogP contribution in [0.25, 0.3) is 0 Å². The zero-order chi connectivity index (χ0) is 17.0. The average molecular weight is 400 g/mol. The van der Waals surface area contributed by atoms with Crippen molar-refractivity contribution < 1.29 is 14.5 Å². The van der Waals surface area contributed by atoms with Gasteiger partial charge in [0.15, 0.2) is 6.10 Å². The lowest BCUT2D eigenvalue weighted by Crippen LogP contribution is -2.30. The second kappa shape index (κ2) is 7.43. The van der Waals surface area contributed by atoms with E-state index < -0.39 is 16.9 Å². The molecule has 8 heteroatoms. The number of carbonyl (C=O) groups excluding carboxylic acids is 1. The molecule has 0 bridgehead atoms. The van der Waals surface area contributed by atoms with Gasteiger partial charge in [-0.25, -0.2) is 0 Å². The molecule has 2 rings (SSSR count). The molecule has 2 aromatic carbocycles. The first-order valence-electron chi connectivity index (χ1n) is 6.54. The van der Waals surface area contributed by atoms with E-state index in [2.05, 4.69) is 21.2 Å². The molecule has 6 nitrogen and oxygen atoms in total. The van der Waals surface area contributed by atoms with Crippen molar-refractivity contribution in [1.82, 2.24) is 0 Å². The van der Waals surface area contributed by atoms with Gasteiger partial charge >= 0.3 is 0 Å². The molecule has 1 N–H and O–H groups in total. The van der Waals surface area contributed by atoms with Gasteiger partial charge in [-0.1, -0.05) is 39.7 Å². The van der Waals surface area contributed by atoms with Crippen LogP contribution in [0.1, 0.15) is 6.92 Å². The fraction of sp³-hybridized carbons (Fsp3) is 0.133. The molecule has 0 aliphatic heterocycles. The summed E-state index contributed by atoms with van der Waals surface area (Å²) >= 11 is 9.30. The Balaban J connectivity index is 2.10. The summed E-state index contributed by atoms with van der Waals surface area (Å²) < 4.78 is 6.28. The summed E-state index contributed by atoms with van der Waals surface area (Å²) in [5, 5.41) is 13.8. The zero-order valence-corrected chi connectivity index (χ0v) is 14.3. The van der Waals surface area contributed by atoms with E-state index in [1.54, 1.807) is 24.3 Å². The minimum absolute atomic E-state index is 0.111. The number of nitro groups is 1. The van der Waals surface area contributed by atoms with Crippen LogP contribution in [0.5, 0.6) is 5.75 Å². The van der Waals surface area contributed by atoms with Crippen LogP contribution in [-0.4, -0.2) is 16.9 Å². The predicted octanol–water partition coefficient (Wildman–Crippen LogP) is 4.42. The first-order valence-corrected chi connectivity index (χ1v) is 7.71. The van der Waals surface area contributed by atoms with Crippen LogP contribution < -0.4 is 10.1 Å². The molecule has 0 aliphatic rings. The van der Waals surface area contributed by atoms with Crippen molar-refractivity contribution in [1.29, 1.82) is 0 Å². The number of benzene rings is 2. The Labute approximate surface area is 145 Å². The van der Waals surface area contributed by atoms with Crippen LogP contribution in [0, 0.1) is 10.1 Å².